The van der Waals surface area contributed by atoms with Gasteiger partial charge in [-0.15, -0.1) is 11.8 Å². The lowest BCUT2D eigenvalue weighted by Gasteiger charge is -2.20. The standard InChI is InChI=1S/C17H20BrN3OS/c1-11-5-6-12(17(2,3)4)7-14(11)23-10-15(22)21-16-19-8-13(18)9-20-16/h5-9H,10H2,1-4H3,(H,19,20,21,22). The molecule has 0 atom stereocenters. The van der Waals surface area contributed by atoms with Crippen LogP contribution in [0, 0.1) is 6.92 Å². The highest BCUT2D eigenvalue weighted by atomic mass is 79.9. The predicted octanol–water partition coefficient (Wildman–Crippen LogP) is 4.58. The van der Waals surface area contributed by atoms with Gasteiger partial charge in [-0.05, 0) is 45.5 Å². The van der Waals surface area contributed by atoms with Crippen molar-refractivity contribution in [2.45, 2.75) is 38.0 Å². The third kappa shape index (κ3) is 5.32. The fourth-order valence-electron chi connectivity index (χ4n) is 1.90. The molecule has 23 heavy (non-hydrogen) atoms. The van der Waals surface area contributed by atoms with E-state index in [1.165, 1.54) is 22.9 Å². The van der Waals surface area contributed by atoms with E-state index < -0.39 is 0 Å². The Bertz CT molecular complexity index is 696. The van der Waals surface area contributed by atoms with Crippen LogP contribution in [0.3, 0.4) is 0 Å². The van der Waals surface area contributed by atoms with Crippen molar-refractivity contribution in [1.82, 2.24) is 9.97 Å². The van der Waals surface area contributed by atoms with Crippen LogP contribution in [0.4, 0.5) is 5.95 Å². The van der Waals surface area contributed by atoms with E-state index in [-0.39, 0.29) is 11.3 Å². The Morgan fingerprint density at radius 1 is 1.26 bits per heavy atom. The van der Waals surface area contributed by atoms with Crippen LogP contribution in [0.5, 0.6) is 0 Å². The molecule has 0 aliphatic carbocycles. The van der Waals surface area contributed by atoms with Crippen molar-refractivity contribution in [3.8, 4) is 0 Å². The molecule has 4 nitrogen and oxygen atoms in total. The highest BCUT2D eigenvalue weighted by Crippen LogP contribution is 2.29. The summed E-state index contributed by atoms with van der Waals surface area (Å²) in [6, 6.07) is 6.43. The number of hydrogen-bond acceptors (Lipinski definition) is 4. The van der Waals surface area contributed by atoms with Crippen LogP contribution >= 0.6 is 27.7 Å². The summed E-state index contributed by atoms with van der Waals surface area (Å²) < 4.78 is 0.777. The maximum absolute atomic E-state index is 12.0. The zero-order valence-corrected chi connectivity index (χ0v) is 16.1. The van der Waals surface area contributed by atoms with Crippen molar-refractivity contribution in [3.63, 3.8) is 0 Å². The first kappa shape index (κ1) is 17.9. The number of amides is 1. The van der Waals surface area contributed by atoms with Crippen molar-refractivity contribution >= 4 is 39.5 Å². The maximum atomic E-state index is 12.0. The number of thioether (sulfide) groups is 1. The molecule has 0 radical (unpaired) electrons. The third-order valence-corrected chi connectivity index (χ3v) is 4.85. The Morgan fingerprint density at radius 2 is 1.91 bits per heavy atom. The first-order chi connectivity index (χ1) is 10.8. The first-order valence-corrected chi connectivity index (χ1v) is 9.05. The van der Waals surface area contributed by atoms with Crippen molar-refractivity contribution in [2.24, 2.45) is 0 Å². The fraction of sp³-hybridized carbons (Fsp3) is 0.353. The molecule has 0 unspecified atom stereocenters. The zero-order chi connectivity index (χ0) is 17.0. The summed E-state index contributed by atoms with van der Waals surface area (Å²) >= 11 is 4.79. The molecule has 0 bridgehead atoms. The Kier molecular flexibility index (Phi) is 5.81. The third-order valence-electron chi connectivity index (χ3n) is 3.28. The highest BCUT2D eigenvalue weighted by Gasteiger charge is 2.15. The molecule has 122 valence electrons. The summed E-state index contributed by atoms with van der Waals surface area (Å²) in [5.74, 6) is 0.533. The van der Waals surface area contributed by atoms with E-state index in [9.17, 15) is 4.79 Å². The van der Waals surface area contributed by atoms with Crippen LogP contribution in [-0.2, 0) is 10.2 Å². The molecule has 6 heteroatoms. The molecule has 1 amide bonds. The monoisotopic (exact) mass is 393 g/mol. The lowest BCUT2D eigenvalue weighted by molar-refractivity contribution is -0.113. The molecule has 1 heterocycles. The molecule has 1 N–H and O–H groups in total. The fourth-order valence-corrected chi connectivity index (χ4v) is 2.97. The van der Waals surface area contributed by atoms with E-state index in [0.29, 0.717) is 11.7 Å². The highest BCUT2D eigenvalue weighted by molar-refractivity contribution is 9.10. The summed E-state index contributed by atoms with van der Waals surface area (Å²) in [6.45, 7) is 8.61. The van der Waals surface area contributed by atoms with E-state index >= 15 is 0 Å². The number of rotatable bonds is 4. The number of aromatic nitrogens is 2. The summed E-state index contributed by atoms with van der Waals surface area (Å²) in [4.78, 5) is 21.2. The number of halogens is 1. The van der Waals surface area contributed by atoms with Crippen LogP contribution in [-0.4, -0.2) is 21.6 Å². The van der Waals surface area contributed by atoms with Gasteiger partial charge in [0, 0.05) is 17.3 Å². The van der Waals surface area contributed by atoms with E-state index in [4.69, 9.17) is 0 Å². The minimum atomic E-state index is -0.113. The van der Waals surface area contributed by atoms with Gasteiger partial charge >= 0.3 is 0 Å². The normalized spacial score (nSPS) is 11.3. The lowest BCUT2D eigenvalue weighted by Crippen LogP contribution is -2.16. The number of hydrogen-bond donors (Lipinski definition) is 1. The Hall–Kier alpha value is -1.40. The van der Waals surface area contributed by atoms with Crippen LogP contribution in [0.25, 0.3) is 0 Å². The number of carbonyl (C=O) groups excluding carboxylic acids is 1. The molecule has 0 fully saturated rings. The second-order valence-electron chi connectivity index (χ2n) is 6.29. The maximum Gasteiger partial charge on any atom is 0.237 e. The molecule has 2 rings (SSSR count). The van der Waals surface area contributed by atoms with E-state index in [0.717, 1.165) is 9.37 Å². The summed E-state index contributed by atoms with van der Waals surface area (Å²) in [5.41, 5.74) is 2.54. The molecule has 1 aromatic heterocycles. The predicted molar refractivity (Wildman–Crippen MR) is 99.0 cm³/mol. The van der Waals surface area contributed by atoms with Gasteiger partial charge in [-0.1, -0.05) is 32.9 Å². The molecular formula is C17H20BrN3OS. The van der Waals surface area contributed by atoms with E-state index in [1.807, 2.05) is 0 Å². The van der Waals surface area contributed by atoms with Gasteiger partial charge in [0.15, 0.2) is 0 Å². The van der Waals surface area contributed by atoms with Crippen LogP contribution in [0.2, 0.25) is 0 Å². The lowest BCUT2D eigenvalue weighted by atomic mass is 9.87. The molecule has 0 saturated carbocycles. The second kappa shape index (κ2) is 7.45. The largest absolute Gasteiger partial charge is 0.294 e. The molecule has 2 aromatic rings. The van der Waals surface area contributed by atoms with Gasteiger partial charge in [0.05, 0.1) is 10.2 Å². The minimum absolute atomic E-state index is 0.0938. The zero-order valence-electron chi connectivity index (χ0n) is 13.7. The van der Waals surface area contributed by atoms with Crippen molar-refractivity contribution in [1.29, 1.82) is 0 Å². The molecule has 0 spiro atoms. The van der Waals surface area contributed by atoms with Gasteiger partial charge in [0.1, 0.15) is 0 Å². The van der Waals surface area contributed by atoms with Crippen molar-refractivity contribution in [3.05, 3.63) is 46.2 Å². The van der Waals surface area contributed by atoms with Crippen LogP contribution in [0.15, 0.2) is 40.0 Å². The number of benzene rings is 1. The Morgan fingerprint density at radius 3 is 2.52 bits per heavy atom. The van der Waals surface area contributed by atoms with Gasteiger partial charge in [0.25, 0.3) is 0 Å². The second-order valence-corrected chi connectivity index (χ2v) is 8.22. The average Bonchev–Trinajstić information content (AvgIpc) is 2.47. The number of aryl methyl sites for hydroxylation is 1. The molecular weight excluding hydrogens is 374 g/mol. The van der Waals surface area contributed by atoms with Crippen molar-refractivity contribution in [2.75, 3.05) is 11.1 Å². The topological polar surface area (TPSA) is 54.9 Å². The van der Waals surface area contributed by atoms with E-state index in [2.05, 4.69) is 77.1 Å². The summed E-state index contributed by atoms with van der Waals surface area (Å²) in [7, 11) is 0. The Balaban J connectivity index is 2.00. The first-order valence-electron chi connectivity index (χ1n) is 7.27. The van der Waals surface area contributed by atoms with Gasteiger partial charge in [-0.2, -0.15) is 0 Å². The molecule has 0 saturated heterocycles. The molecule has 0 aliphatic rings. The van der Waals surface area contributed by atoms with Gasteiger partial charge in [-0.25, -0.2) is 9.97 Å². The number of nitrogens with one attached hydrogen (secondary N) is 1. The number of anilines is 1. The van der Waals surface area contributed by atoms with Gasteiger partial charge in [-0.3, -0.25) is 10.1 Å². The number of nitrogens with zero attached hydrogens (tertiary/aromatic N) is 2. The molecule has 0 aliphatic heterocycles. The van der Waals surface area contributed by atoms with E-state index in [1.54, 1.807) is 12.4 Å². The summed E-state index contributed by atoms with van der Waals surface area (Å²) in [6.07, 6.45) is 3.21. The smallest absolute Gasteiger partial charge is 0.237 e. The van der Waals surface area contributed by atoms with Crippen LogP contribution < -0.4 is 5.32 Å². The van der Waals surface area contributed by atoms with Gasteiger partial charge < -0.3 is 0 Å². The van der Waals surface area contributed by atoms with Crippen molar-refractivity contribution < 1.29 is 4.79 Å². The number of carbonyl (C=O) groups is 1. The Labute approximate surface area is 149 Å². The average molecular weight is 394 g/mol. The minimum Gasteiger partial charge on any atom is -0.294 e. The molecule has 1 aromatic carbocycles. The van der Waals surface area contributed by atoms with Gasteiger partial charge in [0.2, 0.25) is 11.9 Å². The summed E-state index contributed by atoms with van der Waals surface area (Å²) in [5, 5.41) is 2.70. The SMILES string of the molecule is Cc1ccc(C(C)(C)C)cc1SCC(=O)Nc1ncc(Br)cn1. The quantitative estimate of drug-likeness (QED) is 0.772. The van der Waals surface area contributed by atoms with Crippen LogP contribution in [0.1, 0.15) is 31.9 Å².